The molecule has 0 radical (unpaired) electrons. The molecular formula is C12H15N3O3. The van der Waals surface area contributed by atoms with Gasteiger partial charge >= 0.3 is 0 Å². The van der Waals surface area contributed by atoms with Gasteiger partial charge in [-0.1, -0.05) is 0 Å². The summed E-state index contributed by atoms with van der Waals surface area (Å²) in [7, 11) is 0. The van der Waals surface area contributed by atoms with Gasteiger partial charge < -0.3 is 17.2 Å². The molecule has 6 nitrogen and oxygen atoms in total. The molecule has 0 amide bonds. The van der Waals surface area contributed by atoms with Crippen LogP contribution in [-0.4, -0.2) is 37.0 Å². The number of nitrogens with two attached hydrogens (primary N) is 3. The lowest BCUT2D eigenvalue weighted by atomic mass is 9.98. The van der Waals surface area contributed by atoms with Gasteiger partial charge in [0.15, 0.2) is 17.3 Å². The van der Waals surface area contributed by atoms with Crippen LogP contribution < -0.4 is 17.2 Å². The van der Waals surface area contributed by atoms with Crippen LogP contribution in [0.4, 0.5) is 0 Å². The molecule has 96 valence electrons. The smallest absolute Gasteiger partial charge is 0.176 e. The van der Waals surface area contributed by atoms with Crippen molar-refractivity contribution in [1.82, 2.24) is 0 Å². The predicted octanol–water partition coefficient (Wildman–Crippen LogP) is -0.889. The predicted molar refractivity (Wildman–Crippen MR) is 66.6 cm³/mol. The number of benzene rings is 1. The van der Waals surface area contributed by atoms with Crippen molar-refractivity contribution in [3.05, 3.63) is 34.9 Å². The van der Waals surface area contributed by atoms with E-state index in [0.717, 1.165) is 0 Å². The highest BCUT2D eigenvalue weighted by molar-refractivity contribution is 6.07. The molecule has 0 aliphatic rings. The third-order valence-corrected chi connectivity index (χ3v) is 2.46. The maximum Gasteiger partial charge on any atom is 0.176 e. The highest BCUT2D eigenvalue weighted by Crippen LogP contribution is 2.12. The molecule has 1 rings (SSSR count). The monoisotopic (exact) mass is 249 g/mol. The summed E-state index contributed by atoms with van der Waals surface area (Å²) in [4.78, 5) is 34.6. The van der Waals surface area contributed by atoms with E-state index in [1.165, 1.54) is 18.2 Å². The van der Waals surface area contributed by atoms with E-state index in [0.29, 0.717) is 0 Å². The van der Waals surface area contributed by atoms with Crippen molar-refractivity contribution < 1.29 is 14.4 Å². The van der Waals surface area contributed by atoms with Crippen molar-refractivity contribution in [2.75, 3.05) is 19.6 Å². The van der Waals surface area contributed by atoms with Crippen molar-refractivity contribution in [2.24, 2.45) is 17.2 Å². The van der Waals surface area contributed by atoms with Crippen LogP contribution in [0.2, 0.25) is 0 Å². The number of rotatable bonds is 6. The van der Waals surface area contributed by atoms with Crippen LogP contribution in [0.5, 0.6) is 0 Å². The Bertz CT molecular complexity index is 414. The Kier molecular flexibility index (Phi) is 4.85. The first-order valence-electron chi connectivity index (χ1n) is 5.38. The molecular weight excluding hydrogens is 234 g/mol. The van der Waals surface area contributed by atoms with E-state index in [-0.39, 0.29) is 53.7 Å². The Morgan fingerprint density at radius 1 is 0.667 bits per heavy atom. The minimum Gasteiger partial charge on any atom is -0.324 e. The van der Waals surface area contributed by atoms with Gasteiger partial charge in [-0.05, 0) is 18.2 Å². The SMILES string of the molecule is NCC(=O)c1cc(C(=O)CN)cc(C(=O)CN)c1. The fourth-order valence-electron chi connectivity index (χ4n) is 1.46. The zero-order valence-electron chi connectivity index (χ0n) is 9.81. The topological polar surface area (TPSA) is 129 Å². The molecule has 6 N–H and O–H groups in total. The summed E-state index contributed by atoms with van der Waals surface area (Å²) in [5.74, 6) is -1.06. The third kappa shape index (κ3) is 3.07. The Labute approximate surface area is 104 Å². The Hall–Kier alpha value is -1.89. The summed E-state index contributed by atoms with van der Waals surface area (Å²) in [6.07, 6.45) is 0. The zero-order chi connectivity index (χ0) is 13.7. The fourth-order valence-corrected chi connectivity index (χ4v) is 1.46. The first kappa shape index (κ1) is 14.2. The van der Waals surface area contributed by atoms with E-state index < -0.39 is 0 Å². The molecule has 0 aromatic heterocycles. The molecule has 0 saturated carbocycles. The van der Waals surface area contributed by atoms with Crippen molar-refractivity contribution >= 4 is 17.3 Å². The van der Waals surface area contributed by atoms with Gasteiger partial charge in [-0.2, -0.15) is 0 Å². The summed E-state index contributed by atoms with van der Waals surface area (Å²) >= 11 is 0. The summed E-state index contributed by atoms with van der Waals surface area (Å²) in [5.41, 5.74) is 16.4. The fraction of sp³-hybridized carbons (Fsp3) is 0.250. The zero-order valence-corrected chi connectivity index (χ0v) is 9.81. The Morgan fingerprint density at radius 2 is 0.889 bits per heavy atom. The number of hydrogen-bond acceptors (Lipinski definition) is 6. The first-order chi connectivity index (χ1) is 8.53. The van der Waals surface area contributed by atoms with Gasteiger partial charge in [-0.25, -0.2) is 0 Å². The van der Waals surface area contributed by atoms with Crippen LogP contribution >= 0.6 is 0 Å². The quantitative estimate of drug-likeness (QED) is 0.561. The molecule has 0 bridgehead atoms. The molecule has 0 heterocycles. The van der Waals surface area contributed by atoms with Crippen LogP contribution in [0.1, 0.15) is 31.1 Å². The van der Waals surface area contributed by atoms with E-state index in [9.17, 15) is 14.4 Å². The highest BCUT2D eigenvalue weighted by Gasteiger charge is 2.14. The molecule has 0 aliphatic carbocycles. The minimum atomic E-state index is -0.354. The number of Topliss-reactive ketones (excluding diaryl/α,β-unsaturated/α-hetero) is 3. The second-order valence-corrected chi connectivity index (χ2v) is 3.68. The van der Waals surface area contributed by atoms with E-state index in [2.05, 4.69) is 0 Å². The maximum atomic E-state index is 11.5. The summed E-state index contributed by atoms with van der Waals surface area (Å²) in [6, 6.07) is 4.16. The lowest BCUT2D eigenvalue weighted by Gasteiger charge is -2.06. The van der Waals surface area contributed by atoms with Crippen LogP contribution in [0.25, 0.3) is 0 Å². The lowest BCUT2D eigenvalue weighted by molar-refractivity contribution is 0.100. The standard InChI is InChI=1S/C12H15N3O3/c13-4-10(16)7-1-8(11(17)5-14)3-9(2-7)12(18)6-15/h1-3H,4-6,13-15H2. The summed E-state index contributed by atoms with van der Waals surface area (Å²) in [5, 5.41) is 0. The molecule has 6 heteroatoms. The van der Waals surface area contributed by atoms with Crippen molar-refractivity contribution in [1.29, 1.82) is 0 Å². The average Bonchev–Trinajstić information content (AvgIpc) is 2.43. The van der Waals surface area contributed by atoms with Gasteiger partial charge in [0.2, 0.25) is 0 Å². The molecule has 0 unspecified atom stereocenters. The molecule has 18 heavy (non-hydrogen) atoms. The normalized spacial score (nSPS) is 10.2. The van der Waals surface area contributed by atoms with Gasteiger partial charge in [0.1, 0.15) is 0 Å². The average molecular weight is 249 g/mol. The second kappa shape index (κ2) is 6.15. The first-order valence-corrected chi connectivity index (χ1v) is 5.38. The van der Waals surface area contributed by atoms with E-state index >= 15 is 0 Å². The largest absolute Gasteiger partial charge is 0.324 e. The van der Waals surface area contributed by atoms with Crippen LogP contribution in [0.3, 0.4) is 0 Å². The highest BCUT2D eigenvalue weighted by atomic mass is 16.1. The van der Waals surface area contributed by atoms with Gasteiger partial charge in [-0.15, -0.1) is 0 Å². The van der Waals surface area contributed by atoms with E-state index in [1.54, 1.807) is 0 Å². The lowest BCUT2D eigenvalue weighted by Crippen LogP contribution is -2.20. The molecule has 1 aromatic carbocycles. The van der Waals surface area contributed by atoms with Gasteiger partial charge in [0, 0.05) is 16.7 Å². The Balaban J connectivity index is 3.32. The van der Waals surface area contributed by atoms with Crippen molar-refractivity contribution in [2.45, 2.75) is 0 Å². The molecule has 0 fully saturated rings. The van der Waals surface area contributed by atoms with E-state index in [4.69, 9.17) is 17.2 Å². The number of ketones is 3. The number of carbonyl (C=O) groups is 3. The Morgan fingerprint density at radius 3 is 1.06 bits per heavy atom. The third-order valence-electron chi connectivity index (χ3n) is 2.46. The number of carbonyl (C=O) groups excluding carboxylic acids is 3. The summed E-state index contributed by atoms with van der Waals surface area (Å²) < 4.78 is 0. The maximum absolute atomic E-state index is 11.5. The number of hydrogen-bond donors (Lipinski definition) is 3. The molecule has 0 atom stereocenters. The van der Waals surface area contributed by atoms with E-state index in [1.807, 2.05) is 0 Å². The van der Waals surface area contributed by atoms with Gasteiger partial charge in [0.05, 0.1) is 19.6 Å². The molecule has 0 aliphatic heterocycles. The van der Waals surface area contributed by atoms with Crippen LogP contribution in [-0.2, 0) is 0 Å². The van der Waals surface area contributed by atoms with Crippen LogP contribution in [0.15, 0.2) is 18.2 Å². The van der Waals surface area contributed by atoms with Crippen molar-refractivity contribution in [3.8, 4) is 0 Å². The molecule has 1 aromatic rings. The van der Waals surface area contributed by atoms with Gasteiger partial charge in [-0.3, -0.25) is 14.4 Å². The molecule has 0 saturated heterocycles. The van der Waals surface area contributed by atoms with Crippen molar-refractivity contribution in [3.63, 3.8) is 0 Å². The molecule has 0 spiro atoms. The van der Waals surface area contributed by atoms with Gasteiger partial charge in [0.25, 0.3) is 0 Å². The minimum absolute atomic E-state index is 0.198. The summed E-state index contributed by atoms with van der Waals surface area (Å²) in [6.45, 7) is -0.594. The van der Waals surface area contributed by atoms with Crippen LogP contribution in [0, 0.1) is 0 Å². The second-order valence-electron chi connectivity index (χ2n) is 3.68.